The van der Waals surface area contributed by atoms with Gasteiger partial charge in [-0.05, 0) is 43.0 Å². The van der Waals surface area contributed by atoms with E-state index in [4.69, 9.17) is 0 Å². The molecule has 1 saturated heterocycles. The molecule has 0 spiro atoms. The molecule has 3 aromatic rings. The second kappa shape index (κ2) is 7.15. The Labute approximate surface area is 158 Å². The molecule has 27 heavy (non-hydrogen) atoms. The zero-order valence-electron chi connectivity index (χ0n) is 14.8. The second-order valence-electron chi connectivity index (χ2n) is 6.97. The van der Waals surface area contributed by atoms with Crippen LogP contribution in [0.5, 0.6) is 0 Å². The van der Waals surface area contributed by atoms with Crippen LogP contribution < -0.4 is 5.32 Å². The van der Waals surface area contributed by atoms with Gasteiger partial charge in [0.25, 0.3) is 0 Å². The Balaban J connectivity index is 1.61. The van der Waals surface area contributed by atoms with E-state index in [1.807, 2.05) is 59.2 Å². The van der Waals surface area contributed by atoms with E-state index >= 15 is 0 Å². The zero-order valence-corrected chi connectivity index (χ0v) is 15.7. The molecular weight excluding hydrogens is 362 g/mol. The Kier molecular flexibility index (Phi) is 4.70. The molecule has 1 aromatic heterocycles. The van der Waals surface area contributed by atoms with Crippen molar-refractivity contribution in [2.75, 3.05) is 16.8 Å². The number of anilines is 1. The van der Waals surface area contributed by atoms with Crippen molar-refractivity contribution in [1.29, 1.82) is 0 Å². The summed E-state index contributed by atoms with van der Waals surface area (Å²) < 4.78 is 25.5. The lowest BCUT2D eigenvalue weighted by molar-refractivity contribution is -0.117. The Morgan fingerprint density at radius 1 is 1.11 bits per heavy atom. The number of fused-ring (bicyclic) bond motifs is 1. The minimum Gasteiger partial charge on any atom is -0.296 e. The molecule has 6 nitrogen and oxygen atoms in total. The topological polar surface area (TPSA) is 81.1 Å². The third-order valence-corrected chi connectivity index (χ3v) is 6.75. The number of amides is 1. The Morgan fingerprint density at radius 2 is 1.85 bits per heavy atom. The van der Waals surface area contributed by atoms with Gasteiger partial charge < -0.3 is 0 Å². The summed E-state index contributed by atoms with van der Waals surface area (Å²) in [5.41, 5.74) is 2.60. The fourth-order valence-corrected chi connectivity index (χ4v) is 5.44. The zero-order chi connectivity index (χ0) is 18.9. The van der Waals surface area contributed by atoms with E-state index in [1.54, 1.807) is 0 Å². The number of para-hydroxylation sites is 3. The number of nitrogens with zero attached hydrogens (tertiary/aromatic N) is 2. The molecule has 0 aliphatic carbocycles. The van der Waals surface area contributed by atoms with Gasteiger partial charge in [0.2, 0.25) is 11.9 Å². The summed E-state index contributed by atoms with van der Waals surface area (Å²) in [5.74, 6) is 0.443. The van der Waals surface area contributed by atoms with E-state index in [1.165, 1.54) is 0 Å². The highest BCUT2D eigenvalue weighted by atomic mass is 32.2. The molecule has 2 heterocycles. The van der Waals surface area contributed by atoms with Crippen LogP contribution in [0.4, 0.5) is 5.95 Å². The van der Waals surface area contributed by atoms with Gasteiger partial charge in [0.05, 0.1) is 22.5 Å². The molecule has 0 radical (unpaired) electrons. The number of hydrogen-bond donors (Lipinski definition) is 1. The molecule has 1 N–H and O–H groups in total. The highest BCUT2D eigenvalue weighted by Gasteiger charge is 2.27. The number of carbonyl (C=O) groups is 1. The molecule has 1 amide bonds. The van der Waals surface area contributed by atoms with Crippen LogP contribution in [-0.4, -0.2) is 35.4 Å². The molecule has 0 saturated carbocycles. The van der Waals surface area contributed by atoms with Crippen LogP contribution in [-0.2, 0) is 14.6 Å². The van der Waals surface area contributed by atoms with Crippen LogP contribution in [0.2, 0.25) is 0 Å². The van der Waals surface area contributed by atoms with Crippen molar-refractivity contribution in [3.05, 3.63) is 54.6 Å². The summed E-state index contributed by atoms with van der Waals surface area (Å²) in [7, 11) is -3.02. The summed E-state index contributed by atoms with van der Waals surface area (Å²) in [6.07, 6.45) is 1.59. The summed E-state index contributed by atoms with van der Waals surface area (Å²) >= 11 is 0. The van der Waals surface area contributed by atoms with Crippen LogP contribution in [0, 0.1) is 5.92 Å². The molecule has 1 atom stereocenters. The van der Waals surface area contributed by atoms with Crippen molar-refractivity contribution in [3.63, 3.8) is 0 Å². The van der Waals surface area contributed by atoms with E-state index in [0.717, 1.165) is 23.1 Å². The summed E-state index contributed by atoms with van der Waals surface area (Å²) in [5, 5.41) is 2.89. The van der Waals surface area contributed by atoms with Crippen LogP contribution in [0.25, 0.3) is 16.7 Å². The fraction of sp³-hybridized carbons (Fsp3) is 0.300. The molecule has 2 aromatic carbocycles. The molecule has 1 unspecified atom stereocenters. The van der Waals surface area contributed by atoms with E-state index in [9.17, 15) is 13.2 Å². The average Bonchev–Trinajstić information content (AvgIpc) is 2.99. The minimum absolute atomic E-state index is 0.0928. The standard InChI is InChI=1S/C20H21N3O3S/c24-19(13-15-7-6-12-27(25,26)14-15)22-20-21-17-10-4-5-11-18(17)23(20)16-8-2-1-3-9-16/h1-5,8-11,15H,6-7,12-14H2,(H,21,22,24). The molecule has 1 fully saturated rings. The lowest BCUT2D eigenvalue weighted by atomic mass is 10.0. The van der Waals surface area contributed by atoms with Crippen molar-refractivity contribution in [1.82, 2.24) is 9.55 Å². The number of benzene rings is 2. The van der Waals surface area contributed by atoms with Gasteiger partial charge in [-0.25, -0.2) is 13.4 Å². The van der Waals surface area contributed by atoms with E-state index in [-0.39, 0.29) is 29.8 Å². The van der Waals surface area contributed by atoms with Gasteiger partial charge >= 0.3 is 0 Å². The molecule has 7 heteroatoms. The first-order chi connectivity index (χ1) is 13.0. The van der Waals surface area contributed by atoms with Crippen LogP contribution in [0.15, 0.2) is 54.6 Å². The normalized spacial score (nSPS) is 19.0. The van der Waals surface area contributed by atoms with Gasteiger partial charge in [-0.3, -0.25) is 14.7 Å². The number of imidazole rings is 1. The number of rotatable bonds is 4. The van der Waals surface area contributed by atoms with Crippen molar-refractivity contribution in [2.45, 2.75) is 19.3 Å². The Hall–Kier alpha value is -2.67. The van der Waals surface area contributed by atoms with Crippen LogP contribution >= 0.6 is 0 Å². The van der Waals surface area contributed by atoms with Gasteiger partial charge in [0, 0.05) is 12.1 Å². The Morgan fingerprint density at radius 3 is 2.63 bits per heavy atom. The van der Waals surface area contributed by atoms with E-state index in [0.29, 0.717) is 12.4 Å². The molecule has 0 bridgehead atoms. The van der Waals surface area contributed by atoms with E-state index < -0.39 is 9.84 Å². The van der Waals surface area contributed by atoms with Crippen molar-refractivity contribution in [3.8, 4) is 5.69 Å². The number of carbonyl (C=O) groups excluding carboxylic acids is 1. The number of hydrogen-bond acceptors (Lipinski definition) is 4. The van der Waals surface area contributed by atoms with Gasteiger partial charge in [0.1, 0.15) is 0 Å². The van der Waals surface area contributed by atoms with Crippen molar-refractivity contribution < 1.29 is 13.2 Å². The van der Waals surface area contributed by atoms with E-state index in [2.05, 4.69) is 10.3 Å². The van der Waals surface area contributed by atoms with Crippen LogP contribution in [0.1, 0.15) is 19.3 Å². The van der Waals surface area contributed by atoms with Gasteiger partial charge in [-0.1, -0.05) is 30.3 Å². The van der Waals surface area contributed by atoms with Crippen molar-refractivity contribution in [2.24, 2.45) is 5.92 Å². The largest absolute Gasteiger partial charge is 0.296 e. The summed E-state index contributed by atoms with van der Waals surface area (Å²) in [6, 6.07) is 17.4. The van der Waals surface area contributed by atoms with Crippen molar-refractivity contribution >= 4 is 32.7 Å². The quantitative estimate of drug-likeness (QED) is 0.750. The predicted molar refractivity (Wildman–Crippen MR) is 106 cm³/mol. The SMILES string of the molecule is O=C(CC1CCCS(=O)(=O)C1)Nc1nc2ccccc2n1-c1ccccc1. The molecule has 1 aliphatic rings. The predicted octanol–water partition coefficient (Wildman–Crippen LogP) is 3.18. The average molecular weight is 383 g/mol. The highest BCUT2D eigenvalue weighted by Crippen LogP contribution is 2.26. The number of sulfone groups is 1. The third-order valence-electron chi connectivity index (χ3n) is 4.86. The third kappa shape index (κ3) is 3.88. The minimum atomic E-state index is -3.02. The number of nitrogens with one attached hydrogen (secondary N) is 1. The highest BCUT2D eigenvalue weighted by molar-refractivity contribution is 7.91. The maximum absolute atomic E-state index is 12.6. The lowest BCUT2D eigenvalue weighted by Crippen LogP contribution is -2.28. The monoisotopic (exact) mass is 383 g/mol. The molecule has 1 aliphatic heterocycles. The first-order valence-corrected chi connectivity index (χ1v) is 10.9. The van der Waals surface area contributed by atoms with Gasteiger partial charge in [0.15, 0.2) is 9.84 Å². The molecular formula is C20H21N3O3S. The number of aromatic nitrogens is 2. The smallest absolute Gasteiger partial charge is 0.227 e. The second-order valence-corrected chi connectivity index (χ2v) is 9.20. The van der Waals surface area contributed by atoms with Gasteiger partial charge in [-0.15, -0.1) is 0 Å². The Bertz CT molecular complexity index is 1070. The van der Waals surface area contributed by atoms with Crippen LogP contribution in [0.3, 0.4) is 0 Å². The molecule has 4 rings (SSSR count). The fourth-order valence-electron chi connectivity index (χ4n) is 3.66. The first kappa shape index (κ1) is 17.7. The summed E-state index contributed by atoms with van der Waals surface area (Å²) in [4.78, 5) is 17.2. The first-order valence-electron chi connectivity index (χ1n) is 9.05. The van der Waals surface area contributed by atoms with Gasteiger partial charge in [-0.2, -0.15) is 0 Å². The maximum atomic E-state index is 12.6. The summed E-state index contributed by atoms with van der Waals surface area (Å²) in [6.45, 7) is 0. The molecule has 140 valence electrons. The lowest BCUT2D eigenvalue weighted by Gasteiger charge is -2.21. The maximum Gasteiger partial charge on any atom is 0.227 e.